The molecule has 0 fully saturated rings. The Balaban J connectivity index is 3.20. The molecule has 1 aromatic rings. The number of ether oxygens (including phenoxy) is 1. The van der Waals surface area contributed by atoms with E-state index in [2.05, 4.69) is 4.74 Å². The number of hydrogen-bond acceptors (Lipinski definition) is 3. The van der Waals surface area contributed by atoms with Crippen molar-refractivity contribution in [2.24, 2.45) is 5.73 Å². The van der Waals surface area contributed by atoms with Crippen LogP contribution in [0.1, 0.15) is 30.4 Å². The third-order valence-corrected chi connectivity index (χ3v) is 2.91. The summed E-state index contributed by atoms with van der Waals surface area (Å²) < 4.78 is 43.3. The second kappa shape index (κ2) is 6.06. The first-order valence-electron chi connectivity index (χ1n) is 5.76. The van der Waals surface area contributed by atoms with Gasteiger partial charge in [0.1, 0.15) is 0 Å². The Morgan fingerprint density at radius 3 is 2.42 bits per heavy atom. The van der Waals surface area contributed by atoms with Crippen molar-refractivity contribution >= 4 is 5.97 Å². The van der Waals surface area contributed by atoms with Gasteiger partial charge in [0.15, 0.2) is 0 Å². The van der Waals surface area contributed by atoms with Crippen molar-refractivity contribution in [3.05, 3.63) is 35.4 Å². The molecule has 0 bridgehead atoms. The maximum absolute atomic E-state index is 12.9. The Morgan fingerprint density at radius 1 is 1.37 bits per heavy atom. The number of alkyl halides is 3. The molecule has 2 unspecified atom stereocenters. The minimum atomic E-state index is -4.47. The lowest BCUT2D eigenvalue weighted by molar-refractivity contribution is -0.142. The maximum atomic E-state index is 12.9. The second-order valence-corrected chi connectivity index (χ2v) is 4.33. The predicted molar refractivity (Wildman–Crippen MR) is 64.5 cm³/mol. The Hall–Kier alpha value is -1.56. The first-order chi connectivity index (χ1) is 8.77. The van der Waals surface area contributed by atoms with Crippen LogP contribution in [0.3, 0.4) is 0 Å². The molecule has 1 rings (SSSR count). The van der Waals surface area contributed by atoms with Crippen molar-refractivity contribution in [1.29, 1.82) is 0 Å². The molecule has 0 spiro atoms. The molecule has 0 heterocycles. The Bertz CT molecular complexity index is 444. The molecule has 1 aromatic carbocycles. The summed E-state index contributed by atoms with van der Waals surface area (Å²) in [5, 5.41) is 0. The number of carbonyl (C=O) groups excluding carboxylic acids is 1. The van der Waals surface area contributed by atoms with Crippen LogP contribution in [-0.2, 0) is 15.7 Å². The molecular formula is C13H16F3NO2. The van der Waals surface area contributed by atoms with E-state index >= 15 is 0 Å². The number of methoxy groups -OCH3 is 1. The average Bonchev–Trinajstić information content (AvgIpc) is 2.34. The summed E-state index contributed by atoms with van der Waals surface area (Å²) in [7, 11) is 1.19. The number of hydrogen-bond donors (Lipinski definition) is 1. The average molecular weight is 275 g/mol. The highest BCUT2D eigenvalue weighted by molar-refractivity contribution is 5.70. The molecule has 0 aliphatic carbocycles. The molecule has 0 aliphatic heterocycles. The van der Waals surface area contributed by atoms with Gasteiger partial charge in [0.05, 0.1) is 19.1 Å². The first kappa shape index (κ1) is 15.5. The molecule has 2 N–H and O–H groups in total. The van der Waals surface area contributed by atoms with Gasteiger partial charge in [0, 0.05) is 12.0 Å². The minimum Gasteiger partial charge on any atom is -0.469 e. The molecule has 0 aromatic heterocycles. The highest BCUT2D eigenvalue weighted by atomic mass is 19.4. The monoisotopic (exact) mass is 275 g/mol. The zero-order valence-corrected chi connectivity index (χ0v) is 10.7. The van der Waals surface area contributed by atoms with Crippen LogP contribution < -0.4 is 5.73 Å². The zero-order chi connectivity index (χ0) is 14.6. The number of rotatable bonds is 4. The van der Waals surface area contributed by atoms with E-state index < -0.39 is 29.7 Å². The van der Waals surface area contributed by atoms with Crippen molar-refractivity contribution in [1.82, 2.24) is 0 Å². The van der Waals surface area contributed by atoms with Crippen molar-refractivity contribution in [3.8, 4) is 0 Å². The van der Waals surface area contributed by atoms with Gasteiger partial charge in [-0.05, 0) is 18.6 Å². The third kappa shape index (κ3) is 3.96. The minimum absolute atomic E-state index is 0.0235. The fraction of sp³-hybridized carbons (Fsp3) is 0.462. The molecule has 106 valence electrons. The van der Waals surface area contributed by atoms with E-state index in [1.165, 1.54) is 25.3 Å². The molecule has 0 aliphatic rings. The highest BCUT2D eigenvalue weighted by Crippen LogP contribution is 2.37. The Kier molecular flexibility index (Phi) is 4.94. The van der Waals surface area contributed by atoms with E-state index in [9.17, 15) is 18.0 Å². The van der Waals surface area contributed by atoms with Gasteiger partial charge in [0.25, 0.3) is 0 Å². The van der Waals surface area contributed by atoms with E-state index in [0.29, 0.717) is 0 Å². The van der Waals surface area contributed by atoms with Crippen LogP contribution in [0.4, 0.5) is 13.2 Å². The number of nitrogens with two attached hydrogens (primary N) is 1. The van der Waals surface area contributed by atoms with Crippen molar-refractivity contribution in [2.45, 2.75) is 31.5 Å². The SMILES string of the molecule is COC(=O)CC(c1ccccc1C(F)(F)F)C(C)N. The summed E-state index contributed by atoms with van der Waals surface area (Å²) in [5.41, 5.74) is 4.97. The van der Waals surface area contributed by atoms with Crippen LogP contribution in [0.2, 0.25) is 0 Å². The van der Waals surface area contributed by atoms with Gasteiger partial charge >= 0.3 is 12.1 Å². The Labute approximate surface area is 109 Å². The quantitative estimate of drug-likeness (QED) is 0.859. The summed E-state index contributed by atoms with van der Waals surface area (Å²) in [4.78, 5) is 11.3. The number of carbonyl (C=O) groups is 1. The second-order valence-electron chi connectivity index (χ2n) is 4.33. The molecule has 19 heavy (non-hydrogen) atoms. The lowest BCUT2D eigenvalue weighted by Gasteiger charge is -2.23. The van der Waals surface area contributed by atoms with Gasteiger partial charge in [0.2, 0.25) is 0 Å². The van der Waals surface area contributed by atoms with E-state index in [0.717, 1.165) is 6.07 Å². The standard InChI is InChI=1S/C13H16F3NO2/c1-8(17)10(7-12(18)19-2)9-5-3-4-6-11(9)13(14,15)16/h3-6,8,10H,7,17H2,1-2H3. The van der Waals surface area contributed by atoms with Crippen LogP contribution in [0.15, 0.2) is 24.3 Å². The zero-order valence-electron chi connectivity index (χ0n) is 10.7. The number of benzene rings is 1. The van der Waals surface area contributed by atoms with Crippen molar-refractivity contribution in [2.75, 3.05) is 7.11 Å². The molecule has 0 amide bonds. The molecule has 0 saturated heterocycles. The molecular weight excluding hydrogens is 259 g/mol. The van der Waals surface area contributed by atoms with Crippen LogP contribution in [0.5, 0.6) is 0 Å². The smallest absolute Gasteiger partial charge is 0.416 e. The van der Waals surface area contributed by atoms with E-state index in [4.69, 9.17) is 5.73 Å². The molecule has 2 atom stereocenters. The number of halogens is 3. The summed E-state index contributed by atoms with van der Waals surface area (Å²) in [6.07, 6.45) is -4.65. The Morgan fingerprint density at radius 2 is 1.95 bits per heavy atom. The number of esters is 1. The van der Waals surface area contributed by atoms with Crippen LogP contribution >= 0.6 is 0 Å². The van der Waals surface area contributed by atoms with Crippen molar-refractivity contribution in [3.63, 3.8) is 0 Å². The fourth-order valence-electron chi connectivity index (χ4n) is 1.92. The topological polar surface area (TPSA) is 52.3 Å². The summed E-state index contributed by atoms with van der Waals surface area (Å²) in [5.74, 6) is -1.32. The summed E-state index contributed by atoms with van der Waals surface area (Å²) in [6.45, 7) is 1.57. The van der Waals surface area contributed by atoms with Gasteiger partial charge in [-0.2, -0.15) is 13.2 Å². The predicted octanol–water partition coefficient (Wildman–Crippen LogP) is 2.70. The van der Waals surface area contributed by atoms with Gasteiger partial charge in [-0.25, -0.2) is 0 Å². The molecule has 3 nitrogen and oxygen atoms in total. The first-order valence-corrected chi connectivity index (χ1v) is 5.76. The van der Waals surface area contributed by atoms with Gasteiger partial charge in [-0.3, -0.25) is 4.79 Å². The van der Waals surface area contributed by atoms with Crippen LogP contribution in [0.25, 0.3) is 0 Å². The lowest BCUT2D eigenvalue weighted by atomic mass is 9.86. The van der Waals surface area contributed by atoms with E-state index in [1.807, 2.05) is 0 Å². The van der Waals surface area contributed by atoms with Crippen LogP contribution in [0, 0.1) is 0 Å². The largest absolute Gasteiger partial charge is 0.469 e. The van der Waals surface area contributed by atoms with Gasteiger partial charge in [-0.1, -0.05) is 18.2 Å². The highest BCUT2D eigenvalue weighted by Gasteiger charge is 2.36. The molecule has 0 saturated carbocycles. The molecule has 0 radical (unpaired) electrons. The summed E-state index contributed by atoms with van der Waals surface area (Å²) >= 11 is 0. The fourth-order valence-corrected chi connectivity index (χ4v) is 1.92. The molecule has 6 heteroatoms. The van der Waals surface area contributed by atoms with Gasteiger partial charge < -0.3 is 10.5 Å². The normalized spacial score (nSPS) is 14.8. The van der Waals surface area contributed by atoms with E-state index in [-0.39, 0.29) is 12.0 Å². The van der Waals surface area contributed by atoms with E-state index in [1.54, 1.807) is 6.92 Å². The lowest BCUT2D eigenvalue weighted by Crippen LogP contribution is -2.29. The maximum Gasteiger partial charge on any atom is 0.416 e. The third-order valence-electron chi connectivity index (χ3n) is 2.91. The van der Waals surface area contributed by atoms with Gasteiger partial charge in [-0.15, -0.1) is 0 Å². The van der Waals surface area contributed by atoms with Crippen LogP contribution in [-0.4, -0.2) is 19.1 Å². The van der Waals surface area contributed by atoms with Crippen molar-refractivity contribution < 1.29 is 22.7 Å². The summed E-state index contributed by atoms with van der Waals surface area (Å²) in [6, 6.07) is 4.55.